The van der Waals surface area contributed by atoms with Crippen molar-refractivity contribution in [2.75, 3.05) is 13.7 Å². The number of benzene rings is 1. The van der Waals surface area contributed by atoms with Gasteiger partial charge in [-0.15, -0.1) is 0 Å². The lowest BCUT2D eigenvalue weighted by Crippen LogP contribution is -2.41. The molecule has 2 atom stereocenters. The third-order valence-corrected chi connectivity index (χ3v) is 4.79. The molecule has 21 heavy (non-hydrogen) atoms. The third-order valence-electron chi connectivity index (χ3n) is 4.79. The summed E-state index contributed by atoms with van der Waals surface area (Å²) in [6.07, 6.45) is 4.58. The minimum Gasteiger partial charge on any atom is -0.496 e. The van der Waals surface area contributed by atoms with Crippen molar-refractivity contribution < 1.29 is 14.6 Å². The second-order valence-corrected chi connectivity index (χ2v) is 6.34. The number of nitrogens with one attached hydrogen (secondary N) is 1. The Hall–Kier alpha value is -1.55. The number of rotatable bonds is 5. The van der Waals surface area contributed by atoms with E-state index in [1.54, 1.807) is 7.11 Å². The fraction of sp³-hybridized carbons (Fsp3) is 0.588. The molecule has 2 fully saturated rings. The van der Waals surface area contributed by atoms with Crippen LogP contribution in [0.1, 0.15) is 43.6 Å². The lowest BCUT2D eigenvalue weighted by atomic mass is 10.0. The largest absolute Gasteiger partial charge is 0.496 e. The first-order chi connectivity index (χ1) is 10.1. The Labute approximate surface area is 125 Å². The van der Waals surface area contributed by atoms with Gasteiger partial charge < -0.3 is 15.2 Å². The first-order valence-corrected chi connectivity index (χ1v) is 7.76. The van der Waals surface area contributed by atoms with Crippen molar-refractivity contribution in [3.05, 3.63) is 29.8 Å². The van der Waals surface area contributed by atoms with Gasteiger partial charge in [-0.05, 0) is 36.8 Å². The predicted molar refractivity (Wildman–Crippen MR) is 80.3 cm³/mol. The highest BCUT2D eigenvalue weighted by molar-refractivity contribution is 5.83. The van der Waals surface area contributed by atoms with E-state index in [1.165, 1.54) is 0 Å². The number of methoxy groups -OCH3 is 1. The second-order valence-electron chi connectivity index (χ2n) is 6.34. The normalized spacial score (nSPS) is 26.4. The van der Waals surface area contributed by atoms with Crippen molar-refractivity contribution in [2.45, 2.75) is 43.6 Å². The summed E-state index contributed by atoms with van der Waals surface area (Å²) in [5, 5.41) is 13.2. The molecule has 0 aromatic heterocycles. The maximum Gasteiger partial charge on any atom is 0.223 e. The van der Waals surface area contributed by atoms with E-state index in [9.17, 15) is 9.90 Å². The maximum atomic E-state index is 12.2. The number of carbonyl (C=O) groups is 1. The molecule has 114 valence electrons. The minimum absolute atomic E-state index is 0.0197. The highest BCUT2D eigenvalue weighted by atomic mass is 16.5. The smallest absolute Gasteiger partial charge is 0.223 e. The van der Waals surface area contributed by atoms with Gasteiger partial charge in [0.25, 0.3) is 0 Å². The molecule has 4 nitrogen and oxygen atoms in total. The van der Waals surface area contributed by atoms with Crippen LogP contribution in [0.2, 0.25) is 0 Å². The first kappa shape index (κ1) is 14.4. The summed E-state index contributed by atoms with van der Waals surface area (Å²) in [7, 11) is 1.66. The Balaban J connectivity index is 1.56. The Morgan fingerprint density at radius 1 is 1.38 bits per heavy atom. The summed E-state index contributed by atoms with van der Waals surface area (Å²) >= 11 is 0. The SMILES string of the molecule is COc1ccccc1C1CC1C(=O)NCC1(O)CCCC1. The fourth-order valence-electron chi connectivity index (χ4n) is 3.39. The number of amides is 1. The van der Waals surface area contributed by atoms with E-state index >= 15 is 0 Å². The van der Waals surface area contributed by atoms with Gasteiger partial charge >= 0.3 is 0 Å². The van der Waals surface area contributed by atoms with Crippen LogP contribution in [0.5, 0.6) is 5.75 Å². The summed E-state index contributed by atoms with van der Waals surface area (Å²) in [5.74, 6) is 1.18. The zero-order valence-corrected chi connectivity index (χ0v) is 12.5. The molecular formula is C17H23NO3. The van der Waals surface area contributed by atoms with E-state index < -0.39 is 5.60 Å². The quantitative estimate of drug-likeness (QED) is 0.874. The maximum absolute atomic E-state index is 12.2. The zero-order chi connectivity index (χ0) is 14.9. The molecule has 1 amide bonds. The summed E-state index contributed by atoms with van der Waals surface area (Å²) in [6.45, 7) is 0.390. The molecule has 1 aromatic carbocycles. The van der Waals surface area contributed by atoms with Crippen molar-refractivity contribution in [3.8, 4) is 5.75 Å². The Morgan fingerprint density at radius 3 is 2.81 bits per heavy atom. The molecule has 2 N–H and O–H groups in total. The van der Waals surface area contributed by atoms with Gasteiger partial charge in [0.15, 0.2) is 0 Å². The summed E-state index contributed by atoms with van der Waals surface area (Å²) in [5.41, 5.74) is 0.435. The molecule has 2 unspecified atom stereocenters. The van der Waals surface area contributed by atoms with E-state index in [0.29, 0.717) is 6.54 Å². The molecule has 0 bridgehead atoms. The molecule has 2 saturated carbocycles. The van der Waals surface area contributed by atoms with Crippen molar-refractivity contribution in [2.24, 2.45) is 5.92 Å². The molecule has 3 rings (SSSR count). The Morgan fingerprint density at radius 2 is 2.10 bits per heavy atom. The average Bonchev–Trinajstić information content (AvgIpc) is 3.19. The highest BCUT2D eigenvalue weighted by Crippen LogP contribution is 2.50. The predicted octanol–water partition coefficient (Wildman–Crippen LogP) is 2.22. The standard InChI is InChI=1S/C17H23NO3/c1-21-15-7-3-2-6-12(15)13-10-14(13)16(19)18-11-17(20)8-4-5-9-17/h2-3,6-7,13-14,20H,4-5,8-11H2,1H3,(H,18,19). The number of hydrogen-bond acceptors (Lipinski definition) is 3. The van der Waals surface area contributed by atoms with E-state index in [4.69, 9.17) is 4.74 Å². The monoisotopic (exact) mass is 289 g/mol. The molecule has 0 aliphatic heterocycles. The molecule has 0 saturated heterocycles. The van der Waals surface area contributed by atoms with E-state index in [2.05, 4.69) is 5.32 Å². The lowest BCUT2D eigenvalue weighted by molar-refractivity contribution is -0.123. The lowest BCUT2D eigenvalue weighted by Gasteiger charge is -2.22. The minimum atomic E-state index is -0.676. The van der Waals surface area contributed by atoms with Crippen LogP contribution < -0.4 is 10.1 Å². The van der Waals surface area contributed by atoms with Gasteiger partial charge in [0.1, 0.15) is 5.75 Å². The third kappa shape index (κ3) is 3.05. The van der Waals surface area contributed by atoms with Gasteiger partial charge in [-0.2, -0.15) is 0 Å². The van der Waals surface area contributed by atoms with Gasteiger partial charge in [0, 0.05) is 12.5 Å². The summed E-state index contributed by atoms with van der Waals surface area (Å²) in [6, 6.07) is 7.88. The van der Waals surface area contributed by atoms with Crippen LogP contribution in [0.25, 0.3) is 0 Å². The second kappa shape index (κ2) is 5.68. The van der Waals surface area contributed by atoms with Gasteiger partial charge in [0.2, 0.25) is 5.91 Å². The summed E-state index contributed by atoms with van der Waals surface area (Å²) in [4.78, 5) is 12.2. The van der Waals surface area contributed by atoms with Crippen molar-refractivity contribution >= 4 is 5.91 Å². The number of aliphatic hydroxyl groups is 1. The van der Waals surface area contributed by atoms with Crippen molar-refractivity contribution in [1.29, 1.82) is 0 Å². The number of carbonyl (C=O) groups excluding carboxylic acids is 1. The van der Waals surface area contributed by atoms with Gasteiger partial charge in [-0.3, -0.25) is 4.79 Å². The van der Waals surface area contributed by atoms with Crippen LogP contribution in [-0.2, 0) is 4.79 Å². The molecule has 1 aromatic rings. The van der Waals surface area contributed by atoms with Crippen LogP contribution in [0.4, 0.5) is 0 Å². The Kier molecular flexibility index (Phi) is 3.89. The molecule has 0 spiro atoms. The van der Waals surface area contributed by atoms with Crippen LogP contribution in [-0.4, -0.2) is 30.3 Å². The van der Waals surface area contributed by atoms with E-state index in [-0.39, 0.29) is 17.7 Å². The van der Waals surface area contributed by atoms with Gasteiger partial charge in [0.05, 0.1) is 12.7 Å². The fourth-order valence-corrected chi connectivity index (χ4v) is 3.39. The van der Waals surface area contributed by atoms with Crippen LogP contribution >= 0.6 is 0 Å². The average molecular weight is 289 g/mol. The highest BCUT2D eigenvalue weighted by Gasteiger charge is 2.45. The van der Waals surface area contributed by atoms with Crippen LogP contribution in [0.3, 0.4) is 0 Å². The molecule has 2 aliphatic carbocycles. The molecular weight excluding hydrogens is 266 g/mol. The number of para-hydroxylation sites is 1. The van der Waals surface area contributed by atoms with E-state index in [1.807, 2.05) is 24.3 Å². The topological polar surface area (TPSA) is 58.6 Å². The summed E-state index contributed by atoms with van der Waals surface area (Å²) < 4.78 is 5.36. The number of hydrogen-bond donors (Lipinski definition) is 2. The molecule has 0 radical (unpaired) electrons. The zero-order valence-electron chi connectivity index (χ0n) is 12.5. The Bertz CT molecular complexity index is 523. The van der Waals surface area contributed by atoms with Crippen LogP contribution in [0, 0.1) is 5.92 Å². The molecule has 2 aliphatic rings. The van der Waals surface area contributed by atoms with Crippen LogP contribution in [0.15, 0.2) is 24.3 Å². The van der Waals surface area contributed by atoms with E-state index in [0.717, 1.165) is 43.4 Å². The van der Waals surface area contributed by atoms with Gasteiger partial charge in [-0.1, -0.05) is 31.0 Å². The first-order valence-electron chi connectivity index (χ1n) is 7.76. The molecule has 4 heteroatoms. The number of ether oxygens (including phenoxy) is 1. The van der Waals surface area contributed by atoms with Crippen molar-refractivity contribution in [3.63, 3.8) is 0 Å². The van der Waals surface area contributed by atoms with Gasteiger partial charge in [-0.25, -0.2) is 0 Å². The molecule has 0 heterocycles. The van der Waals surface area contributed by atoms with Crippen molar-refractivity contribution in [1.82, 2.24) is 5.32 Å².